The van der Waals surface area contributed by atoms with Crippen molar-refractivity contribution in [1.82, 2.24) is 25.3 Å². The highest BCUT2D eigenvalue weighted by atomic mass is 15.3. The molecule has 0 bridgehead atoms. The van der Waals surface area contributed by atoms with Crippen LogP contribution in [0.4, 0.5) is 0 Å². The molecule has 2 aromatic heterocycles. The summed E-state index contributed by atoms with van der Waals surface area (Å²) in [4.78, 5) is 0. The van der Waals surface area contributed by atoms with Crippen molar-refractivity contribution in [2.75, 3.05) is 0 Å². The van der Waals surface area contributed by atoms with Gasteiger partial charge < -0.3 is 5.32 Å². The predicted octanol–water partition coefficient (Wildman–Crippen LogP) is 2.68. The fourth-order valence-electron chi connectivity index (χ4n) is 2.01. The van der Waals surface area contributed by atoms with E-state index in [0.717, 1.165) is 36.6 Å². The van der Waals surface area contributed by atoms with Crippen LogP contribution >= 0.6 is 0 Å². The molecule has 21 heavy (non-hydrogen) atoms. The molecule has 0 spiro atoms. The maximum atomic E-state index is 4.58. The van der Waals surface area contributed by atoms with Gasteiger partial charge in [0.2, 0.25) is 0 Å². The number of hydrogen-bond acceptors (Lipinski definition) is 4. The molecule has 2 aromatic rings. The van der Waals surface area contributed by atoms with Crippen molar-refractivity contribution in [2.45, 2.75) is 59.5 Å². The van der Waals surface area contributed by atoms with E-state index >= 15 is 0 Å². The summed E-state index contributed by atoms with van der Waals surface area (Å²) in [5, 5.41) is 16.6. The average molecular weight is 287 g/mol. The Morgan fingerprint density at radius 3 is 2.33 bits per heavy atom. The topological polar surface area (TPSA) is 55.6 Å². The van der Waals surface area contributed by atoms with E-state index in [1.54, 1.807) is 0 Å². The number of hydrogen-bond donors (Lipinski definition) is 1. The number of aromatic nitrogens is 4. The van der Waals surface area contributed by atoms with Gasteiger partial charge in [-0.1, -0.05) is 13.8 Å². The Balaban J connectivity index is 2.17. The van der Waals surface area contributed by atoms with E-state index in [2.05, 4.69) is 61.3 Å². The fourth-order valence-corrected chi connectivity index (χ4v) is 2.01. The van der Waals surface area contributed by atoms with Crippen molar-refractivity contribution < 1.29 is 0 Å². The van der Waals surface area contributed by atoms with Crippen LogP contribution in [0.3, 0.4) is 0 Å². The first-order valence-electron chi connectivity index (χ1n) is 7.58. The lowest BCUT2D eigenvalue weighted by atomic mass is 10.1. The average Bonchev–Trinajstić information content (AvgIpc) is 2.88. The van der Waals surface area contributed by atoms with Crippen LogP contribution in [0.1, 0.15) is 51.7 Å². The van der Waals surface area contributed by atoms with E-state index in [9.17, 15) is 0 Å². The predicted molar refractivity (Wildman–Crippen MR) is 84.5 cm³/mol. The number of nitrogens with zero attached hydrogens (tertiary/aromatic N) is 4. The Morgan fingerprint density at radius 1 is 1.05 bits per heavy atom. The molecule has 5 heteroatoms. The van der Waals surface area contributed by atoms with Crippen LogP contribution < -0.4 is 5.32 Å². The van der Waals surface area contributed by atoms with Gasteiger partial charge in [0.05, 0.1) is 11.4 Å². The van der Waals surface area contributed by atoms with Gasteiger partial charge in [-0.2, -0.15) is 10.2 Å². The Kier molecular flexibility index (Phi) is 4.73. The highest BCUT2D eigenvalue weighted by Gasteiger charge is 2.11. The second kappa shape index (κ2) is 6.35. The third-order valence-electron chi connectivity index (χ3n) is 3.28. The third kappa shape index (κ3) is 4.11. The summed E-state index contributed by atoms with van der Waals surface area (Å²) in [6, 6.07) is 6.13. The van der Waals surface area contributed by atoms with Gasteiger partial charge in [-0.3, -0.25) is 0 Å². The fraction of sp³-hybridized carbons (Fsp3) is 0.562. The molecule has 0 saturated carbocycles. The lowest BCUT2D eigenvalue weighted by Gasteiger charge is -2.19. The molecule has 114 valence electrons. The van der Waals surface area contributed by atoms with Gasteiger partial charge in [0.1, 0.15) is 0 Å². The minimum Gasteiger partial charge on any atom is -0.306 e. The van der Waals surface area contributed by atoms with Crippen molar-refractivity contribution in [2.24, 2.45) is 0 Å². The van der Waals surface area contributed by atoms with Gasteiger partial charge >= 0.3 is 0 Å². The molecule has 0 fully saturated rings. The Bertz CT molecular complexity index is 578. The number of aryl methyl sites for hydroxylation is 2. The van der Waals surface area contributed by atoms with Crippen molar-refractivity contribution in [3.63, 3.8) is 0 Å². The SMILES string of the molecule is CCc1cc(CC)n(-c2ccc(CNC(C)(C)C)nn2)n1. The van der Waals surface area contributed by atoms with E-state index < -0.39 is 0 Å². The van der Waals surface area contributed by atoms with Gasteiger partial charge in [-0.25, -0.2) is 4.68 Å². The molecule has 1 N–H and O–H groups in total. The molecule has 0 saturated heterocycles. The molecular formula is C16H25N5. The zero-order valence-corrected chi connectivity index (χ0v) is 13.6. The minimum atomic E-state index is 0.0771. The second-order valence-electron chi connectivity index (χ2n) is 6.23. The molecule has 2 heterocycles. The van der Waals surface area contributed by atoms with Crippen LogP contribution in [0, 0.1) is 0 Å². The standard InChI is InChI=1S/C16H25N5/c1-6-12-10-14(7-2)21(20-12)15-9-8-13(18-19-15)11-17-16(3,4)5/h8-10,17H,6-7,11H2,1-5H3. The molecule has 2 rings (SSSR count). The van der Waals surface area contributed by atoms with E-state index in [0.29, 0.717) is 0 Å². The first-order chi connectivity index (χ1) is 9.93. The van der Waals surface area contributed by atoms with Gasteiger partial charge in [0.25, 0.3) is 0 Å². The number of rotatable bonds is 5. The van der Waals surface area contributed by atoms with E-state index in [-0.39, 0.29) is 5.54 Å². The van der Waals surface area contributed by atoms with Crippen LogP contribution in [-0.4, -0.2) is 25.5 Å². The van der Waals surface area contributed by atoms with Crippen molar-refractivity contribution in [3.05, 3.63) is 35.3 Å². The summed E-state index contributed by atoms with van der Waals surface area (Å²) in [5.41, 5.74) is 3.27. The summed E-state index contributed by atoms with van der Waals surface area (Å²) >= 11 is 0. The largest absolute Gasteiger partial charge is 0.306 e. The number of nitrogens with one attached hydrogen (secondary N) is 1. The highest BCUT2D eigenvalue weighted by Crippen LogP contribution is 2.12. The minimum absolute atomic E-state index is 0.0771. The molecule has 0 atom stereocenters. The van der Waals surface area contributed by atoms with E-state index in [1.165, 1.54) is 5.69 Å². The Morgan fingerprint density at radius 2 is 1.81 bits per heavy atom. The van der Waals surface area contributed by atoms with Crippen LogP contribution in [-0.2, 0) is 19.4 Å². The van der Waals surface area contributed by atoms with Crippen molar-refractivity contribution in [1.29, 1.82) is 0 Å². The van der Waals surface area contributed by atoms with Crippen molar-refractivity contribution in [3.8, 4) is 5.82 Å². The summed E-state index contributed by atoms with van der Waals surface area (Å²) in [6.07, 6.45) is 1.86. The maximum absolute atomic E-state index is 4.58. The molecule has 0 aliphatic carbocycles. The molecule has 5 nitrogen and oxygen atoms in total. The third-order valence-corrected chi connectivity index (χ3v) is 3.28. The summed E-state index contributed by atoms with van der Waals surface area (Å²) in [7, 11) is 0. The Hall–Kier alpha value is -1.75. The first-order valence-corrected chi connectivity index (χ1v) is 7.58. The monoisotopic (exact) mass is 287 g/mol. The summed E-state index contributed by atoms with van der Waals surface area (Å²) in [6.45, 7) is 11.4. The van der Waals surface area contributed by atoms with Gasteiger partial charge in [0.15, 0.2) is 5.82 Å². The van der Waals surface area contributed by atoms with E-state index in [1.807, 2.05) is 16.8 Å². The molecule has 0 aliphatic heterocycles. The van der Waals surface area contributed by atoms with Crippen LogP contribution in [0.2, 0.25) is 0 Å². The maximum Gasteiger partial charge on any atom is 0.175 e. The lowest BCUT2D eigenvalue weighted by Crippen LogP contribution is -2.35. The molecule has 0 aliphatic rings. The Labute approximate surface area is 126 Å². The summed E-state index contributed by atoms with van der Waals surface area (Å²) in [5.74, 6) is 0.783. The zero-order valence-electron chi connectivity index (χ0n) is 13.6. The van der Waals surface area contributed by atoms with E-state index in [4.69, 9.17) is 0 Å². The molecular weight excluding hydrogens is 262 g/mol. The highest BCUT2D eigenvalue weighted by molar-refractivity contribution is 5.26. The normalized spacial score (nSPS) is 11.9. The summed E-state index contributed by atoms with van der Waals surface area (Å²) < 4.78 is 1.90. The lowest BCUT2D eigenvalue weighted by molar-refractivity contribution is 0.420. The van der Waals surface area contributed by atoms with Gasteiger partial charge in [0, 0.05) is 17.8 Å². The molecule has 0 radical (unpaired) electrons. The molecule has 0 unspecified atom stereocenters. The zero-order chi connectivity index (χ0) is 15.5. The molecule has 0 amide bonds. The molecule has 0 aromatic carbocycles. The van der Waals surface area contributed by atoms with Crippen molar-refractivity contribution >= 4 is 0 Å². The van der Waals surface area contributed by atoms with Gasteiger partial charge in [-0.15, -0.1) is 5.10 Å². The quantitative estimate of drug-likeness (QED) is 0.918. The van der Waals surface area contributed by atoms with Crippen LogP contribution in [0.5, 0.6) is 0 Å². The van der Waals surface area contributed by atoms with Crippen LogP contribution in [0.25, 0.3) is 5.82 Å². The smallest absolute Gasteiger partial charge is 0.175 e. The van der Waals surface area contributed by atoms with Crippen LogP contribution in [0.15, 0.2) is 18.2 Å². The second-order valence-corrected chi connectivity index (χ2v) is 6.23. The van der Waals surface area contributed by atoms with Gasteiger partial charge in [-0.05, 0) is 51.8 Å². The first kappa shape index (κ1) is 15.6.